The molecule has 1 aliphatic heterocycles. The molecule has 1 aliphatic rings. The molecule has 1 N–H and O–H groups in total. The van der Waals surface area contributed by atoms with Crippen molar-refractivity contribution in [3.8, 4) is 5.75 Å². The molecule has 7 heteroatoms. The molecule has 28 heavy (non-hydrogen) atoms. The summed E-state index contributed by atoms with van der Waals surface area (Å²) in [6.07, 6.45) is 2.56. The zero-order valence-corrected chi connectivity index (χ0v) is 17.5. The van der Waals surface area contributed by atoms with Crippen LogP contribution in [0.25, 0.3) is 0 Å². The highest BCUT2D eigenvalue weighted by atomic mass is 16.6. The molecule has 1 heterocycles. The van der Waals surface area contributed by atoms with Crippen LogP contribution in [0.5, 0.6) is 5.75 Å². The Morgan fingerprint density at radius 3 is 2.71 bits per heavy atom. The van der Waals surface area contributed by atoms with Crippen molar-refractivity contribution in [2.45, 2.75) is 32.3 Å². The van der Waals surface area contributed by atoms with Gasteiger partial charge in [-0.05, 0) is 25.6 Å². The van der Waals surface area contributed by atoms with Gasteiger partial charge in [-0.3, -0.25) is 10.2 Å². The first-order chi connectivity index (χ1) is 13.6. The van der Waals surface area contributed by atoms with Crippen LogP contribution in [-0.4, -0.2) is 82.1 Å². The monoisotopic (exact) mass is 393 g/mol. The summed E-state index contributed by atoms with van der Waals surface area (Å²) in [4.78, 5) is 17.0. The van der Waals surface area contributed by atoms with E-state index in [1.807, 2.05) is 24.3 Å². The Labute approximate surface area is 168 Å². The predicted molar refractivity (Wildman–Crippen MR) is 111 cm³/mol. The average molecular weight is 394 g/mol. The second kappa shape index (κ2) is 12.6. The van der Waals surface area contributed by atoms with Gasteiger partial charge in [-0.2, -0.15) is 0 Å². The molecule has 1 saturated heterocycles. The Morgan fingerprint density at radius 2 is 2.00 bits per heavy atom. The standard InChI is InChI=1S/C21H35N3O4/c1-4-5-6-14-27-19-9-7-8-18(15-19)22-21(25)28-20(17-26-3)16-24-12-10-23(2)11-13-24/h7-9,15,20H,4-6,10-14,16-17H2,1-3H3,(H,22,25)/t20-/m0/s1. The van der Waals surface area contributed by atoms with E-state index in [4.69, 9.17) is 14.2 Å². The molecule has 1 atom stereocenters. The molecule has 1 aromatic rings. The Balaban J connectivity index is 1.81. The number of unbranched alkanes of at least 4 members (excludes halogenated alkanes) is 2. The smallest absolute Gasteiger partial charge is 0.412 e. The van der Waals surface area contributed by atoms with Crippen LogP contribution < -0.4 is 10.1 Å². The first-order valence-electron chi connectivity index (χ1n) is 10.2. The lowest BCUT2D eigenvalue weighted by Gasteiger charge is -2.34. The van der Waals surface area contributed by atoms with Crippen molar-refractivity contribution >= 4 is 11.8 Å². The van der Waals surface area contributed by atoms with Crippen LogP contribution in [-0.2, 0) is 9.47 Å². The highest BCUT2D eigenvalue weighted by molar-refractivity contribution is 5.85. The minimum absolute atomic E-state index is 0.304. The fraction of sp³-hybridized carbons (Fsp3) is 0.667. The summed E-state index contributed by atoms with van der Waals surface area (Å²) >= 11 is 0. The number of likely N-dealkylation sites (N-methyl/N-ethyl adjacent to an activating group) is 1. The Morgan fingerprint density at radius 1 is 1.21 bits per heavy atom. The summed E-state index contributed by atoms with van der Waals surface area (Å²) in [6.45, 7) is 7.89. The van der Waals surface area contributed by atoms with E-state index < -0.39 is 6.09 Å². The van der Waals surface area contributed by atoms with Crippen LogP contribution in [0.3, 0.4) is 0 Å². The summed E-state index contributed by atoms with van der Waals surface area (Å²) < 4.78 is 16.6. The highest BCUT2D eigenvalue weighted by Crippen LogP contribution is 2.18. The van der Waals surface area contributed by atoms with Gasteiger partial charge in [0, 0.05) is 51.6 Å². The zero-order chi connectivity index (χ0) is 20.2. The number of amides is 1. The van der Waals surface area contributed by atoms with Crippen molar-refractivity contribution in [3.63, 3.8) is 0 Å². The van der Waals surface area contributed by atoms with Gasteiger partial charge in [0.1, 0.15) is 11.9 Å². The van der Waals surface area contributed by atoms with E-state index >= 15 is 0 Å². The lowest BCUT2D eigenvalue weighted by Crippen LogP contribution is -2.48. The van der Waals surface area contributed by atoms with Crippen molar-refractivity contribution < 1.29 is 19.0 Å². The molecule has 2 rings (SSSR count). The van der Waals surface area contributed by atoms with Crippen LogP contribution in [0, 0.1) is 0 Å². The maximum atomic E-state index is 12.3. The molecule has 158 valence electrons. The number of nitrogens with one attached hydrogen (secondary N) is 1. The number of rotatable bonds is 11. The predicted octanol–water partition coefficient (Wildman–Crippen LogP) is 3.07. The van der Waals surface area contributed by atoms with E-state index in [0.717, 1.165) is 51.2 Å². The molecule has 0 bridgehead atoms. The van der Waals surface area contributed by atoms with Crippen LogP contribution in [0.15, 0.2) is 24.3 Å². The number of anilines is 1. The van der Waals surface area contributed by atoms with Crippen molar-refractivity contribution in [1.29, 1.82) is 0 Å². The first kappa shape index (κ1) is 22.5. The topological polar surface area (TPSA) is 63.3 Å². The van der Waals surface area contributed by atoms with Crippen LogP contribution in [0.1, 0.15) is 26.2 Å². The highest BCUT2D eigenvalue weighted by Gasteiger charge is 2.21. The van der Waals surface area contributed by atoms with Gasteiger partial charge in [0.2, 0.25) is 0 Å². The maximum absolute atomic E-state index is 12.3. The maximum Gasteiger partial charge on any atom is 0.412 e. The van der Waals surface area contributed by atoms with Gasteiger partial charge in [-0.1, -0.05) is 25.8 Å². The fourth-order valence-electron chi connectivity index (χ4n) is 3.13. The molecule has 1 fully saturated rings. The van der Waals surface area contributed by atoms with E-state index in [1.165, 1.54) is 0 Å². The van der Waals surface area contributed by atoms with E-state index in [0.29, 0.717) is 25.4 Å². The number of carbonyl (C=O) groups is 1. The summed E-state index contributed by atoms with van der Waals surface area (Å²) in [5.41, 5.74) is 0.661. The SMILES string of the molecule is CCCCCOc1cccc(NC(=O)O[C@H](COC)CN2CCN(C)CC2)c1. The third kappa shape index (κ3) is 8.46. The number of benzene rings is 1. The average Bonchev–Trinajstić information content (AvgIpc) is 2.67. The lowest BCUT2D eigenvalue weighted by atomic mass is 10.2. The van der Waals surface area contributed by atoms with Gasteiger partial charge in [0.15, 0.2) is 0 Å². The third-order valence-electron chi connectivity index (χ3n) is 4.78. The fourth-order valence-corrected chi connectivity index (χ4v) is 3.13. The summed E-state index contributed by atoms with van der Waals surface area (Å²) in [6, 6.07) is 7.40. The Bertz CT molecular complexity index is 577. The van der Waals surface area contributed by atoms with E-state index in [1.54, 1.807) is 7.11 Å². The molecule has 0 saturated carbocycles. The molecule has 0 spiro atoms. The third-order valence-corrected chi connectivity index (χ3v) is 4.78. The summed E-state index contributed by atoms with van der Waals surface area (Å²) in [7, 11) is 3.74. The minimum atomic E-state index is -0.473. The normalized spacial score (nSPS) is 16.5. The van der Waals surface area contributed by atoms with Crippen LogP contribution >= 0.6 is 0 Å². The zero-order valence-electron chi connectivity index (χ0n) is 17.5. The van der Waals surface area contributed by atoms with Crippen LogP contribution in [0.2, 0.25) is 0 Å². The molecule has 0 radical (unpaired) electrons. The molecule has 0 aromatic heterocycles. The number of hydrogen-bond donors (Lipinski definition) is 1. The van der Waals surface area contributed by atoms with Gasteiger partial charge in [-0.15, -0.1) is 0 Å². The second-order valence-electron chi connectivity index (χ2n) is 7.29. The Hall–Kier alpha value is -1.83. The number of hydrogen-bond acceptors (Lipinski definition) is 6. The number of methoxy groups -OCH3 is 1. The molecular formula is C21H35N3O4. The van der Waals surface area contributed by atoms with Crippen molar-refractivity contribution in [3.05, 3.63) is 24.3 Å². The van der Waals surface area contributed by atoms with Gasteiger partial charge < -0.3 is 19.1 Å². The number of piperazine rings is 1. The van der Waals surface area contributed by atoms with E-state index in [-0.39, 0.29) is 6.10 Å². The summed E-state index contributed by atoms with van der Waals surface area (Å²) in [5.74, 6) is 0.750. The van der Waals surface area contributed by atoms with Gasteiger partial charge >= 0.3 is 6.09 Å². The van der Waals surface area contributed by atoms with Crippen LogP contribution in [0.4, 0.5) is 10.5 Å². The molecule has 1 aromatic carbocycles. The van der Waals surface area contributed by atoms with Gasteiger partial charge in [0.25, 0.3) is 0 Å². The first-order valence-corrected chi connectivity index (χ1v) is 10.2. The quantitative estimate of drug-likeness (QED) is 0.583. The molecule has 0 unspecified atom stereocenters. The Kier molecular flexibility index (Phi) is 10.1. The molecular weight excluding hydrogens is 358 g/mol. The van der Waals surface area contributed by atoms with E-state index in [2.05, 4.69) is 29.1 Å². The van der Waals surface area contributed by atoms with Gasteiger partial charge in [0.05, 0.1) is 13.2 Å². The molecule has 7 nitrogen and oxygen atoms in total. The minimum Gasteiger partial charge on any atom is -0.494 e. The summed E-state index contributed by atoms with van der Waals surface area (Å²) in [5, 5.41) is 2.79. The van der Waals surface area contributed by atoms with Crippen molar-refractivity contribution in [2.75, 3.05) is 65.4 Å². The second-order valence-corrected chi connectivity index (χ2v) is 7.29. The van der Waals surface area contributed by atoms with Crippen molar-refractivity contribution in [2.24, 2.45) is 0 Å². The lowest BCUT2D eigenvalue weighted by molar-refractivity contribution is 0.0157. The largest absolute Gasteiger partial charge is 0.494 e. The molecule has 1 amide bonds. The number of ether oxygens (including phenoxy) is 3. The van der Waals surface area contributed by atoms with Crippen molar-refractivity contribution in [1.82, 2.24) is 9.80 Å². The molecule has 0 aliphatic carbocycles. The van der Waals surface area contributed by atoms with Gasteiger partial charge in [-0.25, -0.2) is 4.79 Å². The number of nitrogens with zero attached hydrogens (tertiary/aromatic N) is 2. The van der Waals surface area contributed by atoms with E-state index in [9.17, 15) is 4.79 Å². The number of carbonyl (C=O) groups excluding carboxylic acids is 1.